The number of rotatable bonds is 6. The number of hydrogen-bond donors (Lipinski definition) is 1. The Morgan fingerprint density at radius 1 is 1.19 bits per heavy atom. The summed E-state index contributed by atoms with van der Waals surface area (Å²) in [6, 6.07) is 10.6. The summed E-state index contributed by atoms with van der Waals surface area (Å²) in [5.74, 6) is -1.72. The maximum absolute atomic E-state index is 13.3. The molecular formula is C19H21N3O4S. The minimum atomic E-state index is -3.83. The number of benzene rings is 1. The number of carboxylic acid groups (broad SMARTS) is 1. The first-order chi connectivity index (χ1) is 13.0. The first-order valence-corrected chi connectivity index (χ1v) is 10.4. The number of fused-ring (bicyclic) bond motifs is 2. The summed E-state index contributed by atoms with van der Waals surface area (Å²) < 4.78 is 29.4. The van der Waals surface area contributed by atoms with Crippen molar-refractivity contribution in [3.63, 3.8) is 0 Å². The fraction of sp³-hybridized carbons (Fsp3) is 0.368. The van der Waals surface area contributed by atoms with Crippen molar-refractivity contribution < 1.29 is 18.3 Å². The predicted molar refractivity (Wildman–Crippen MR) is 98.4 cm³/mol. The maximum atomic E-state index is 13.3. The van der Waals surface area contributed by atoms with Crippen LogP contribution in [0.2, 0.25) is 0 Å². The van der Waals surface area contributed by atoms with Crippen LogP contribution in [-0.4, -0.2) is 46.2 Å². The molecule has 2 aromatic rings. The molecule has 5 rings (SSSR count). The molecule has 1 fully saturated rings. The Bertz CT molecular complexity index is 968. The van der Waals surface area contributed by atoms with Gasteiger partial charge < -0.3 is 5.11 Å². The molecule has 2 aliphatic heterocycles. The lowest BCUT2D eigenvalue weighted by atomic mass is 9.79. The summed E-state index contributed by atoms with van der Waals surface area (Å²) in [6.07, 6.45) is 6.27. The van der Waals surface area contributed by atoms with E-state index in [9.17, 15) is 18.3 Å². The number of nitrogens with zero attached hydrogens (tertiary/aromatic N) is 3. The Labute approximate surface area is 158 Å². The highest BCUT2D eigenvalue weighted by Crippen LogP contribution is 2.37. The number of piperidine rings is 1. The van der Waals surface area contributed by atoms with Crippen molar-refractivity contribution >= 4 is 16.0 Å². The third-order valence-electron chi connectivity index (χ3n) is 5.32. The molecule has 2 bridgehead atoms. The second-order valence-corrected chi connectivity index (χ2v) is 8.86. The molecule has 27 heavy (non-hydrogen) atoms. The SMILES string of the molecule is O=C(O)C1CC2C=CC1N(S(=O)(=O)c1ccnn1CCc1ccccc1)C2. The van der Waals surface area contributed by atoms with E-state index >= 15 is 0 Å². The Balaban J connectivity index is 1.59. The van der Waals surface area contributed by atoms with Crippen molar-refractivity contribution in [2.24, 2.45) is 11.8 Å². The van der Waals surface area contributed by atoms with Gasteiger partial charge in [-0.1, -0.05) is 42.5 Å². The number of aryl methyl sites for hydroxylation is 2. The van der Waals surface area contributed by atoms with Crippen molar-refractivity contribution in [3.05, 3.63) is 60.3 Å². The van der Waals surface area contributed by atoms with Crippen LogP contribution in [0.1, 0.15) is 12.0 Å². The molecule has 0 spiro atoms. The smallest absolute Gasteiger partial charge is 0.308 e. The second-order valence-electron chi connectivity index (χ2n) is 7.02. The van der Waals surface area contributed by atoms with E-state index in [1.807, 2.05) is 36.4 Å². The lowest BCUT2D eigenvalue weighted by Crippen LogP contribution is -2.55. The first kappa shape index (κ1) is 17.9. The van der Waals surface area contributed by atoms with Crippen LogP contribution >= 0.6 is 0 Å². The molecule has 0 saturated carbocycles. The lowest BCUT2D eigenvalue weighted by Gasteiger charge is -2.43. The van der Waals surface area contributed by atoms with Gasteiger partial charge in [-0.25, -0.2) is 8.42 Å². The Morgan fingerprint density at radius 2 is 1.96 bits per heavy atom. The van der Waals surface area contributed by atoms with E-state index in [1.54, 1.807) is 6.08 Å². The topological polar surface area (TPSA) is 92.5 Å². The molecule has 3 unspecified atom stereocenters. The predicted octanol–water partition coefficient (Wildman–Crippen LogP) is 1.78. The van der Waals surface area contributed by atoms with Gasteiger partial charge in [-0.15, -0.1) is 0 Å². The Kier molecular flexibility index (Phi) is 4.61. The molecule has 0 radical (unpaired) electrons. The quantitative estimate of drug-likeness (QED) is 0.763. The number of sulfonamides is 1. The monoisotopic (exact) mass is 387 g/mol. The van der Waals surface area contributed by atoms with Gasteiger partial charge in [0.1, 0.15) is 0 Å². The number of aliphatic carboxylic acids is 1. The number of carbonyl (C=O) groups is 1. The largest absolute Gasteiger partial charge is 0.481 e. The fourth-order valence-corrected chi connectivity index (χ4v) is 5.75. The summed E-state index contributed by atoms with van der Waals surface area (Å²) in [7, 11) is -3.83. The highest BCUT2D eigenvalue weighted by molar-refractivity contribution is 7.89. The summed E-state index contributed by atoms with van der Waals surface area (Å²) in [5, 5.41) is 13.8. The normalized spacial score (nSPS) is 25.0. The second kappa shape index (κ2) is 6.94. The molecule has 1 saturated heterocycles. The van der Waals surface area contributed by atoms with Crippen molar-refractivity contribution in [2.45, 2.75) is 30.5 Å². The van der Waals surface area contributed by atoms with Gasteiger partial charge in [0.2, 0.25) is 0 Å². The molecule has 1 aliphatic carbocycles. The molecule has 8 heteroatoms. The van der Waals surface area contributed by atoms with Gasteiger partial charge in [-0.3, -0.25) is 9.48 Å². The van der Waals surface area contributed by atoms with Crippen molar-refractivity contribution in [1.82, 2.24) is 14.1 Å². The minimum absolute atomic E-state index is 0.0634. The fourth-order valence-electron chi connectivity index (χ4n) is 3.95. The molecular weight excluding hydrogens is 366 g/mol. The van der Waals surface area contributed by atoms with Crippen LogP contribution < -0.4 is 0 Å². The highest BCUT2D eigenvalue weighted by Gasteiger charge is 2.47. The van der Waals surface area contributed by atoms with Gasteiger partial charge in [0.15, 0.2) is 5.03 Å². The van der Waals surface area contributed by atoms with E-state index in [0.717, 1.165) is 5.56 Å². The van der Waals surface area contributed by atoms with Crippen LogP contribution in [0.15, 0.2) is 59.8 Å². The van der Waals surface area contributed by atoms with E-state index in [-0.39, 0.29) is 10.9 Å². The van der Waals surface area contributed by atoms with Gasteiger partial charge in [-0.05, 0) is 30.4 Å². The van der Waals surface area contributed by atoms with Crippen molar-refractivity contribution in [3.8, 4) is 0 Å². The summed E-state index contributed by atoms with van der Waals surface area (Å²) in [6.45, 7) is 0.753. The number of aromatic nitrogens is 2. The van der Waals surface area contributed by atoms with Gasteiger partial charge in [0.25, 0.3) is 10.0 Å². The summed E-state index contributed by atoms with van der Waals surface area (Å²) in [5.41, 5.74) is 1.10. The Morgan fingerprint density at radius 3 is 2.67 bits per heavy atom. The van der Waals surface area contributed by atoms with Crippen LogP contribution in [0.4, 0.5) is 0 Å². The molecule has 3 heterocycles. The standard InChI is InChI=1S/C19H21N3O4S/c23-19(24)16-12-15-6-7-17(16)22(13-15)27(25,26)18-8-10-20-21(18)11-9-14-4-2-1-3-5-14/h1-8,10,15-17H,9,11-13H2,(H,23,24). The maximum Gasteiger partial charge on any atom is 0.308 e. The third-order valence-corrected chi connectivity index (χ3v) is 7.20. The summed E-state index contributed by atoms with van der Waals surface area (Å²) >= 11 is 0. The van der Waals surface area contributed by atoms with E-state index < -0.39 is 28.0 Å². The molecule has 3 aliphatic rings. The molecule has 7 nitrogen and oxygen atoms in total. The van der Waals surface area contributed by atoms with Crippen LogP contribution in [0.5, 0.6) is 0 Å². The van der Waals surface area contributed by atoms with E-state index in [4.69, 9.17) is 0 Å². The van der Waals surface area contributed by atoms with Gasteiger partial charge >= 0.3 is 5.97 Å². The van der Waals surface area contributed by atoms with Crippen LogP contribution in [0.25, 0.3) is 0 Å². The molecule has 1 N–H and O–H groups in total. The zero-order valence-corrected chi connectivity index (χ0v) is 15.5. The van der Waals surface area contributed by atoms with Crippen LogP contribution in [-0.2, 0) is 27.8 Å². The van der Waals surface area contributed by atoms with Gasteiger partial charge in [-0.2, -0.15) is 9.40 Å². The van der Waals surface area contributed by atoms with Gasteiger partial charge in [0, 0.05) is 13.1 Å². The van der Waals surface area contributed by atoms with Crippen molar-refractivity contribution in [1.29, 1.82) is 0 Å². The molecule has 3 atom stereocenters. The van der Waals surface area contributed by atoms with Gasteiger partial charge in [0.05, 0.1) is 18.2 Å². The molecule has 1 aromatic carbocycles. The molecule has 0 amide bonds. The first-order valence-electron chi connectivity index (χ1n) is 8.95. The third kappa shape index (κ3) is 3.30. The average Bonchev–Trinajstić information content (AvgIpc) is 3.17. The zero-order valence-electron chi connectivity index (χ0n) is 14.7. The lowest BCUT2D eigenvalue weighted by molar-refractivity contribution is -0.144. The average molecular weight is 387 g/mol. The molecule has 142 valence electrons. The van der Waals surface area contributed by atoms with Crippen LogP contribution in [0, 0.1) is 11.8 Å². The minimum Gasteiger partial charge on any atom is -0.481 e. The zero-order chi connectivity index (χ0) is 19.0. The molecule has 1 aromatic heterocycles. The highest BCUT2D eigenvalue weighted by atomic mass is 32.2. The van der Waals surface area contributed by atoms with Crippen molar-refractivity contribution in [2.75, 3.05) is 6.54 Å². The number of hydrogen-bond acceptors (Lipinski definition) is 4. The Hall–Kier alpha value is -2.45. The number of carboxylic acids is 1. The van der Waals surface area contributed by atoms with E-state index in [2.05, 4.69) is 5.10 Å². The van der Waals surface area contributed by atoms with E-state index in [0.29, 0.717) is 25.9 Å². The van der Waals surface area contributed by atoms with Crippen LogP contribution in [0.3, 0.4) is 0 Å². The summed E-state index contributed by atoms with van der Waals surface area (Å²) in [4.78, 5) is 11.6. The van der Waals surface area contributed by atoms with E-state index in [1.165, 1.54) is 21.3 Å².